The maximum Gasteiger partial charge on any atom is 0.409 e. The van der Waals surface area contributed by atoms with Gasteiger partial charge < -0.3 is 14.6 Å². The van der Waals surface area contributed by atoms with Gasteiger partial charge in [-0.1, -0.05) is 0 Å². The Hall–Kier alpha value is -2.48. The predicted molar refractivity (Wildman–Crippen MR) is 86.1 cm³/mol. The Bertz CT molecular complexity index is 738. The maximum atomic E-state index is 12.1. The van der Waals surface area contributed by atoms with Crippen molar-refractivity contribution in [2.75, 3.05) is 26.7 Å². The number of carbonyl (C=O) groups is 1. The molecule has 0 radical (unpaired) electrons. The fourth-order valence-electron chi connectivity index (χ4n) is 3.78. The average Bonchev–Trinajstić information content (AvgIpc) is 3.07. The number of carbonyl (C=O) groups excluding carboxylic acids is 1. The van der Waals surface area contributed by atoms with E-state index >= 15 is 0 Å². The number of aromatic nitrogens is 4. The van der Waals surface area contributed by atoms with Crippen molar-refractivity contribution in [1.29, 1.82) is 0 Å². The van der Waals surface area contributed by atoms with Gasteiger partial charge in [-0.3, -0.25) is 9.88 Å². The molecule has 8 nitrogen and oxygen atoms in total. The normalized spacial score (nSPS) is 19.1. The summed E-state index contributed by atoms with van der Waals surface area (Å²) in [5, 5.41) is 12.2. The van der Waals surface area contributed by atoms with Gasteiger partial charge in [0, 0.05) is 24.5 Å². The molecule has 1 fully saturated rings. The highest BCUT2D eigenvalue weighted by molar-refractivity contribution is 5.68. The molecule has 0 unspecified atom stereocenters. The second-order valence-electron chi connectivity index (χ2n) is 6.32. The molecule has 0 aliphatic carbocycles. The summed E-state index contributed by atoms with van der Waals surface area (Å²) in [4.78, 5) is 18.0. The first-order valence-corrected chi connectivity index (χ1v) is 8.12. The molecule has 126 valence electrons. The highest BCUT2D eigenvalue weighted by atomic mass is 16.5. The Morgan fingerprint density at radius 1 is 1.33 bits per heavy atom. The van der Waals surface area contributed by atoms with E-state index in [-0.39, 0.29) is 11.6 Å². The molecule has 24 heavy (non-hydrogen) atoms. The van der Waals surface area contributed by atoms with E-state index in [2.05, 4.69) is 25.1 Å². The number of ether oxygens (including phenoxy) is 1. The molecule has 2 aliphatic heterocycles. The Morgan fingerprint density at radius 3 is 2.88 bits per heavy atom. The predicted octanol–water partition coefficient (Wildman–Crippen LogP) is 1.00. The summed E-state index contributed by atoms with van der Waals surface area (Å²) in [7, 11) is 1.41. The Balaban J connectivity index is 1.82. The molecule has 1 spiro atoms. The monoisotopic (exact) mass is 328 g/mol. The third-order valence-electron chi connectivity index (χ3n) is 4.91. The van der Waals surface area contributed by atoms with Crippen molar-refractivity contribution in [2.24, 2.45) is 0 Å². The minimum atomic E-state index is -0.315. The zero-order chi connectivity index (χ0) is 16.6. The van der Waals surface area contributed by atoms with Crippen molar-refractivity contribution >= 4 is 6.09 Å². The smallest absolute Gasteiger partial charge is 0.409 e. The van der Waals surface area contributed by atoms with Crippen LogP contribution in [0.1, 0.15) is 18.7 Å². The third-order valence-corrected chi connectivity index (χ3v) is 4.91. The molecule has 1 N–H and O–H groups in total. The number of methoxy groups -OCH3 is 1. The van der Waals surface area contributed by atoms with Crippen molar-refractivity contribution in [1.82, 2.24) is 30.0 Å². The number of fused-ring (bicyclic) bond motifs is 2. The Labute approximate surface area is 139 Å². The van der Waals surface area contributed by atoms with E-state index in [1.807, 2.05) is 12.1 Å². The lowest BCUT2D eigenvalue weighted by atomic mass is 9.85. The standard InChI is InChI=1S/C16H20N6O2/c1-24-15(23)21-10-13-19-20-14(12-3-2-6-18-9-12)22(13)16(11-21)4-7-17-8-5-16/h2-3,6,9,17H,4-5,7-8,10-11H2,1H3. The van der Waals surface area contributed by atoms with E-state index in [4.69, 9.17) is 4.74 Å². The number of pyridine rings is 1. The number of rotatable bonds is 1. The lowest BCUT2D eigenvalue weighted by Crippen LogP contribution is -2.56. The lowest BCUT2D eigenvalue weighted by molar-refractivity contribution is 0.0605. The molecule has 1 saturated heterocycles. The highest BCUT2D eigenvalue weighted by Gasteiger charge is 2.44. The summed E-state index contributed by atoms with van der Waals surface area (Å²) in [6, 6.07) is 3.89. The second kappa shape index (κ2) is 5.86. The number of nitrogens with zero attached hydrogens (tertiary/aromatic N) is 5. The number of nitrogens with one attached hydrogen (secondary N) is 1. The molecule has 0 saturated carbocycles. The lowest BCUT2D eigenvalue weighted by Gasteiger charge is -2.46. The van der Waals surface area contributed by atoms with Gasteiger partial charge in [-0.05, 0) is 38.1 Å². The van der Waals surface area contributed by atoms with Crippen molar-refractivity contribution in [3.63, 3.8) is 0 Å². The van der Waals surface area contributed by atoms with Crippen molar-refractivity contribution < 1.29 is 9.53 Å². The minimum absolute atomic E-state index is 0.207. The zero-order valence-corrected chi connectivity index (χ0v) is 13.6. The van der Waals surface area contributed by atoms with E-state index in [9.17, 15) is 4.79 Å². The van der Waals surface area contributed by atoms with Gasteiger partial charge in [0.05, 0.1) is 19.2 Å². The summed E-state index contributed by atoms with van der Waals surface area (Å²) in [6.45, 7) is 2.83. The van der Waals surface area contributed by atoms with Gasteiger partial charge in [0.1, 0.15) is 0 Å². The van der Waals surface area contributed by atoms with E-state index in [1.54, 1.807) is 17.3 Å². The molecular weight excluding hydrogens is 308 g/mol. The number of hydrogen-bond donors (Lipinski definition) is 1. The number of piperidine rings is 1. The van der Waals surface area contributed by atoms with Gasteiger partial charge in [0.2, 0.25) is 0 Å². The molecule has 2 aromatic heterocycles. The first-order valence-electron chi connectivity index (χ1n) is 8.12. The van der Waals surface area contributed by atoms with Gasteiger partial charge in [-0.2, -0.15) is 0 Å². The van der Waals surface area contributed by atoms with Crippen LogP contribution in [0.2, 0.25) is 0 Å². The summed E-state index contributed by atoms with van der Waals surface area (Å²) in [5.41, 5.74) is 0.738. The second-order valence-corrected chi connectivity index (χ2v) is 6.32. The molecular formula is C16H20N6O2. The van der Waals surface area contributed by atoms with Crippen molar-refractivity contribution in [2.45, 2.75) is 24.9 Å². The first-order chi connectivity index (χ1) is 11.7. The van der Waals surface area contributed by atoms with Crippen molar-refractivity contribution in [3.05, 3.63) is 30.4 Å². The fraction of sp³-hybridized carbons (Fsp3) is 0.500. The van der Waals surface area contributed by atoms with E-state index in [0.717, 1.165) is 43.1 Å². The number of hydrogen-bond acceptors (Lipinski definition) is 6. The largest absolute Gasteiger partial charge is 0.453 e. The van der Waals surface area contributed by atoms with Crippen LogP contribution in [0.25, 0.3) is 11.4 Å². The molecule has 1 amide bonds. The quantitative estimate of drug-likeness (QED) is 0.841. The van der Waals surface area contributed by atoms with E-state index in [0.29, 0.717) is 13.1 Å². The Kier molecular flexibility index (Phi) is 3.68. The van der Waals surface area contributed by atoms with Gasteiger partial charge >= 0.3 is 6.09 Å². The fourth-order valence-corrected chi connectivity index (χ4v) is 3.78. The van der Waals surface area contributed by atoms with Gasteiger partial charge in [0.15, 0.2) is 11.6 Å². The van der Waals surface area contributed by atoms with E-state index in [1.165, 1.54) is 7.11 Å². The topological polar surface area (TPSA) is 85.2 Å². The van der Waals surface area contributed by atoms with Gasteiger partial charge in [-0.15, -0.1) is 10.2 Å². The molecule has 4 heterocycles. The molecule has 8 heteroatoms. The Morgan fingerprint density at radius 2 is 2.17 bits per heavy atom. The third kappa shape index (κ3) is 2.34. The zero-order valence-electron chi connectivity index (χ0n) is 13.6. The summed E-state index contributed by atoms with van der Waals surface area (Å²) in [5.74, 6) is 1.62. The SMILES string of the molecule is COC(=O)N1Cc2nnc(-c3cccnc3)n2C2(CCNCC2)C1. The van der Waals surface area contributed by atoms with Crippen LogP contribution in [0.3, 0.4) is 0 Å². The van der Waals surface area contributed by atoms with Gasteiger partial charge in [-0.25, -0.2) is 4.79 Å². The molecule has 0 aromatic carbocycles. The molecule has 2 aromatic rings. The van der Waals surface area contributed by atoms with Crippen LogP contribution >= 0.6 is 0 Å². The minimum Gasteiger partial charge on any atom is -0.453 e. The summed E-state index contributed by atoms with van der Waals surface area (Å²) >= 11 is 0. The van der Waals surface area contributed by atoms with Crippen molar-refractivity contribution in [3.8, 4) is 11.4 Å². The van der Waals surface area contributed by atoms with Crippen LogP contribution in [-0.2, 0) is 16.8 Å². The number of amides is 1. The van der Waals surface area contributed by atoms with Crippen LogP contribution in [0.15, 0.2) is 24.5 Å². The molecule has 4 rings (SSSR count). The summed E-state index contributed by atoms with van der Waals surface area (Å²) in [6.07, 6.45) is 5.07. The highest BCUT2D eigenvalue weighted by Crippen LogP contribution is 2.37. The average molecular weight is 328 g/mol. The maximum absolute atomic E-state index is 12.1. The van der Waals surface area contributed by atoms with Crippen LogP contribution in [-0.4, -0.2) is 57.5 Å². The molecule has 2 aliphatic rings. The molecule has 0 bridgehead atoms. The van der Waals surface area contributed by atoms with Crippen LogP contribution < -0.4 is 5.32 Å². The van der Waals surface area contributed by atoms with Crippen LogP contribution in [0.5, 0.6) is 0 Å². The van der Waals surface area contributed by atoms with Gasteiger partial charge in [0.25, 0.3) is 0 Å². The van der Waals surface area contributed by atoms with Crippen LogP contribution in [0, 0.1) is 0 Å². The van der Waals surface area contributed by atoms with E-state index < -0.39 is 0 Å². The first kappa shape index (κ1) is 15.1. The molecule has 0 atom stereocenters. The summed E-state index contributed by atoms with van der Waals surface area (Å²) < 4.78 is 7.16. The van der Waals surface area contributed by atoms with Crippen LogP contribution in [0.4, 0.5) is 4.79 Å².